The molecule has 7 heteroatoms. The summed E-state index contributed by atoms with van der Waals surface area (Å²) in [6.07, 6.45) is 0.914. The number of amides is 1. The van der Waals surface area contributed by atoms with Crippen molar-refractivity contribution in [1.29, 1.82) is 0 Å². The summed E-state index contributed by atoms with van der Waals surface area (Å²) in [4.78, 5) is 23.0. The summed E-state index contributed by atoms with van der Waals surface area (Å²) >= 11 is 1.71. The smallest absolute Gasteiger partial charge is 0.274 e. The van der Waals surface area contributed by atoms with Crippen LogP contribution in [0.15, 0.2) is 35.8 Å². The molecule has 4 heterocycles. The fourth-order valence-corrected chi connectivity index (χ4v) is 4.89. The van der Waals surface area contributed by atoms with E-state index in [0.29, 0.717) is 12.2 Å². The molecule has 0 aliphatic carbocycles. The lowest BCUT2D eigenvalue weighted by Gasteiger charge is -2.28. The maximum Gasteiger partial charge on any atom is 0.274 e. The van der Waals surface area contributed by atoms with Crippen molar-refractivity contribution in [2.24, 2.45) is 0 Å². The Morgan fingerprint density at radius 1 is 1.14 bits per heavy atom. The second kappa shape index (κ2) is 7.14. The van der Waals surface area contributed by atoms with Gasteiger partial charge in [0, 0.05) is 37.6 Å². The molecule has 6 nitrogen and oxygen atoms in total. The first-order chi connectivity index (χ1) is 13.7. The van der Waals surface area contributed by atoms with Crippen molar-refractivity contribution in [1.82, 2.24) is 24.6 Å². The molecule has 0 unspecified atom stereocenters. The van der Waals surface area contributed by atoms with Crippen LogP contribution in [0, 0.1) is 6.92 Å². The topological polar surface area (TPSA) is 54.3 Å². The van der Waals surface area contributed by atoms with Crippen LogP contribution in [-0.4, -0.2) is 43.6 Å². The molecule has 2 aliphatic rings. The van der Waals surface area contributed by atoms with Gasteiger partial charge in [-0.25, -0.2) is 4.98 Å². The Morgan fingerprint density at radius 3 is 2.82 bits per heavy atom. The molecule has 1 amide bonds. The van der Waals surface area contributed by atoms with Gasteiger partial charge in [0.15, 0.2) is 5.69 Å². The number of benzene rings is 1. The average molecular weight is 394 g/mol. The van der Waals surface area contributed by atoms with Gasteiger partial charge in [-0.1, -0.05) is 24.3 Å². The molecular weight excluding hydrogens is 370 g/mol. The number of hydrogen-bond acceptors (Lipinski definition) is 5. The average Bonchev–Trinajstić information content (AvgIpc) is 3.33. The molecular formula is C21H23N5OS. The fraction of sp³-hybridized carbons (Fsp3) is 0.381. The van der Waals surface area contributed by atoms with E-state index >= 15 is 0 Å². The van der Waals surface area contributed by atoms with E-state index in [2.05, 4.69) is 40.1 Å². The highest BCUT2D eigenvalue weighted by molar-refractivity contribution is 7.09. The Labute approximate surface area is 168 Å². The zero-order chi connectivity index (χ0) is 19.1. The standard InChI is InChI=1S/C21H23N5OS/c1-15-20(28-14-22-15)13-24-8-9-26-18(12-24)10-19(23-26)21(27)25-7-6-16-4-2-3-5-17(16)11-25/h2-5,10,14H,6-9,11-13H2,1H3. The normalized spacial score (nSPS) is 16.7. The minimum Gasteiger partial charge on any atom is -0.333 e. The molecule has 0 saturated heterocycles. The van der Waals surface area contributed by atoms with Crippen LogP contribution in [0.2, 0.25) is 0 Å². The molecule has 2 aromatic heterocycles. The minimum atomic E-state index is 0.0428. The summed E-state index contributed by atoms with van der Waals surface area (Å²) in [5.74, 6) is 0.0428. The number of carbonyl (C=O) groups is 1. The van der Waals surface area contributed by atoms with Gasteiger partial charge >= 0.3 is 0 Å². The van der Waals surface area contributed by atoms with E-state index in [1.54, 1.807) is 11.3 Å². The zero-order valence-electron chi connectivity index (χ0n) is 16.0. The molecule has 1 aromatic carbocycles. The molecule has 144 valence electrons. The predicted molar refractivity (Wildman–Crippen MR) is 108 cm³/mol. The third-order valence-electron chi connectivity index (χ3n) is 5.73. The van der Waals surface area contributed by atoms with E-state index in [1.165, 1.54) is 16.0 Å². The Balaban J connectivity index is 1.30. The first kappa shape index (κ1) is 17.6. The summed E-state index contributed by atoms with van der Waals surface area (Å²) in [6, 6.07) is 10.4. The molecule has 2 aliphatic heterocycles. The van der Waals surface area contributed by atoms with E-state index in [9.17, 15) is 4.79 Å². The number of carbonyl (C=O) groups excluding carboxylic acids is 1. The van der Waals surface area contributed by atoms with Gasteiger partial charge in [0.25, 0.3) is 5.91 Å². The third-order valence-corrected chi connectivity index (χ3v) is 6.65. The highest BCUT2D eigenvalue weighted by Crippen LogP contribution is 2.23. The molecule has 0 spiro atoms. The third kappa shape index (κ3) is 3.25. The van der Waals surface area contributed by atoms with Crippen LogP contribution in [0.25, 0.3) is 0 Å². The largest absolute Gasteiger partial charge is 0.333 e. The number of hydrogen-bond donors (Lipinski definition) is 0. The second-order valence-corrected chi connectivity index (χ2v) is 8.50. The fourth-order valence-electron chi connectivity index (χ4n) is 4.07. The number of thiazole rings is 1. The highest BCUT2D eigenvalue weighted by Gasteiger charge is 2.26. The molecule has 0 radical (unpaired) electrons. The summed E-state index contributed by atoms with van der Waals surface area (Å²) in [5.41, 5.74) is 7.32. The summed E-state index contributed by atoms with van der Waals surface area (Å²) in [6.45, 7) is 6.99. The Bertz CT molecular complexity index is 1020. The lowest BCUT2D eigenvalue weighted by molar-refractivity contribution is 0.0727. The minimum absolute atomic E-state index is 0.0428. The SMILES string of the molecule is Cc1ncsc1CN1CCn2nc(C(=O)N3CCc4ccccc4C3)cc2C1. The monoisotopic (exact) mass is 393 g/mol. The van der Waals surface area contributed by atoms with Crippen LogP contribution in [-0.2, 0) is 32.6 Å². The van der Waals surface area contributed by atoms with Crippen LogP contribution in [0.4, 0.5) is 0 Å². The van der Waals surface area contributed by atoms with Crippen molar-refractivity contribution < 1.29 is 4.79 Å². The van der Waals surface area contributed by atoms with E-state index in [-0.39, 0.29) is 5.91 Å². The summed E-state index contributed by atoms with van der Waals surface area (Å²) in [7, 11) is 0. The number of rotatable bonds is 3. The van der Waals surface area contributed by atoms with Crippen molar-refractivity contribution in [3.05, 3.63) is 68.9 Å². The van der Waals surface area contributed by atoms with Crippen LogP contribution >= 0.6 is 11.3 Å². The molecule has 0 bridgehead atoms. The van der Waals surface area contributed by atoms with Gasteiger partial charge in [0.1, 0.15) is 0 Å². The molecule has 28 heavy (non-hydrogen) atoms. The summed E-state index contributed by atoms with van der Waals surface area (Å²) < 4.78 is 2.00. The molecule has 0 N–H and O–H groups in total. The van der Waals surface area contributed by atoms with Crippen LogP contribution < -0.4 is 0 Å². The Hall–Kier alpha value is -2.51. The lowest BCUT2D eigenvalue weighted by atomic mass is 10.00. The van der Waals surface area contributed by atoms with E-state index in [0.717, 1.165) is 50.5 Å². The van der Waals surface area contributed by atoms with Crippen molar-refractivity contribution >= 4 is 17.2 Å². The van der Waals surface area contributed by atoms with Crippen molar-refractivity contribution in [2.45, 2.75) is 39.5 Å². The predicted octanol–water partition coefficient (Wildman–Crippen LogP) is 2.86. The number of aromatic nitrogens is 3. The van der Waals surface area contributed by atoms with E-state index in [4.69, 9.17) is 0 Å². The van der Waals surface area contributed by atoms with Gasteiger partial charge < -0.3 is 4.90 Å². The van der Waals surface area contributed by atoms with Gasteiger partial charge in [-0.2, -0.15) is 5.10 Å². The first-order valence-electron chi connectivity index (χ1n) is 9.71. The highest BCUT2D eigenvalue weighted by atomic mass is 32.1. The number of nitrogens with zero attached hydrogens (tertiary/aromatic N) is 5. The first-order valence-corrected chi connectivity index (χ1v) is 10.6. The van der Waals surface area contributed by atoms with Crippen LogP contribution in [0.3, 0.4) is 0 Å². The second-order valence-electron chi connectivity index (χ2n) is 7.56. The van der Waals surface area contributed by atoms with Crippen molar-refractivity contribution in [3.8, 4) is 0 Å². The van der Waals surface area contributed by atoms with Crippen LogP contribution in [0.1, 0.15) is 37.9 Å². The van der Waals surface area contributed by atoms with Gasteiger partial charge in [0.05, 0.1) is 23.4 Å². The van der Waals surface area contributed by atoms with Crippen LogP contribution in [0.5, 0.6) is 0 Å². The van der Waals surface area contributed by atoms with Gasteiger partial charge in [-0.15, -0.1) is 11.3 Å². The number of aryl methyl sites for hydroxylation is 1. The Morgan fingerprint density at radius 2 is 2.00 bits per heavy atom. The van der Waals surface area contributed by atoms with Crippen molar-refractivity contribution in [3.63, 3.8) is 0 Å². The van der Waals surface area contributed by atoms with E-state index < -0.39 is 0 Å². The molecule has 0 saturated carbocycles. The van der Waals surface area contributed by atoms with Crippen molar-refractivity contribution in [2.75, 3.05) is 13.1 Å². The quantitative estimate of drug-likeness (QED) is 0.687. The summed E-state index contributed by atoms with van der Waals surface area (Å²) in [5, 5.41) is 4.62. The molecule has 3 aromatic rings. The Kier molecular flexibility index (Phi) is 4.49. The van der Waals surface area contributed by atoms with Gasteiger partial charge in [-0.05, 0) is 30.5 Å². The van der Waals surface area contributed by atoms with Gasteiger partial charge in [-0.3, -0.25) is 14.4 Å². The van der Waals surface area contributed by atoms with E-state index in [1.807, 2.05) is 27.2 Å². The van der Waals surface area contributed by atoms with Gasteiger partial charge in [0.2, 0.25) is 0 Å². The number of fused-ring (bicyclic) bond motifs is 2. The maximum absolute atomic E-state index is 13.0. The molecule has 0 atom stereocenters. The molecule has 0 fully saturated rings. The molecule has 5 rings (SSSR count). The maximum atomic E-state index is 13.0. The lowest BCUT2D eigenvalue weighted by Crippen LogP contribution is -2.36. The zero-order valence-corrected chi connectivity index (χ0v) is 16.8.